The second kappa shape index (κ2) is 12.0. The summed E-state index contributed by atoms with van der Waals surface area (Å²) < 4.78 is 12.3. The van der Waals surface area contributed by atoms with Gasteiger partial charge in [-0.05, 0) is 0 Å². The molecule has 4 aromatic carbocycles. The van der Waals surface area contributed by atoms with Gasteiger partial charge in [0.05, 0.1) is 0 Å². The van der Waals surface area contributed by atoms with E-state index in [0.717, 1.165) is 6.42 Å². The van der Waals surface area contributed by atoms with Crippen molar-refractivity contribution in [2.45, 2.75) is 64.6 Å². The maximum atomic E-state index is 6.92. The molecule has 0 heterocycles. The van der Waals surface area contributed by atoms with Crippen molar-refractivity contribution in [2.24, 2.45) is 0 Å². The molecule has 4 aromatic rings. The van der Waals surface area contributed by atoms with Crippen molar-refractivity contribution in [1.29, 1.82) is 0 Å². The van der Waals surface area contributed by atoms with Gasteiger partial charge in [-0.3, -0.25) is 0 Å². The largest absolute Gasteiger partial charge is 0.147 e. The molecule has 0 spiro atoms. The van der Waals surface area contributed by atoms with Crippen LogP contribution in [0.3, 0.4) is 0 Å². The van der Waals surface area contributed by atoms with Crippen LogP contribution in [0.4, 0.5) is 0 Å². The van der Waals surface area contributed by atoms with Gasteiger partial charge >= 0.3 is 252 Å². The van der Waals surface area contributed by atoms with E-state index in [1.54, 1.807) is 27.4 Å². The molecule has 1 unspecified atom stereocenters. The van der Waals surface area contributed by atoms with Crippen molar-refractivity contribution >= 4 is 54.0 Å². The van der Waals surface area contributed by atoms with Gasteiger partial charge in [0.1, 0.15) is 0 Å². The van der Waals surface area contributed by atoms with Gasteiger partial charge in [-0.1, -0.05) is 0 Å². The van der Waals surface area contributed by atoms with Crippen LogP contribution in [-0.2, 0) is 32.9 Å². The smallest absolute Gasteiger partial charge is 0.147 e. The van der Waals surface area contributed by atoms with Crippen LogP contribution in [0.1, 0.15) is 46.4 Å². The topological polar surface area (TPSA) is 9.23 Å². The average molecular weight is 728 g/mol. The van der Waals surface area contributed by atoms with E-state index < -0.39 is 36.0 Å². The van der Waals surface area contributed by atoms with Gasteiger partial charge in [-0.15, -0.1) is 24.8 Å². The Morgan fingerprint density at radius 2 is 1.31 bits per heavy atom. The van der Waals surface area contributed by atoms with E-state index in [9.17, 15) is 0 Å². The van der Waals surface area contributed by atoms with E-state index in [1.165, 1.54) is 33.4 Å². The molecule has 0 radical (unpaired) electrons. The molecular weight excluding hydrogens is 683 g/mol. The summed E-state index contributed by atoms with van der Waals surface area (Å²) in [5.41, 5.74) is 15.2. The van der Waals surface area contributed by atoms with E-state index in [-0.39, 0.29) is 34.0 Å². The minimum absolute atomic E-state index is 0. The molecule has 1 nitrogen and oxygen atoms in total. The zero-order valence-electron chi connectivity index (χ0n) is 26.3. The summed E-state index contributed by atoms with van der Waals surface area (Å²) in [5.74, 6) is 0. The van der Waals surface area contributed by atoms with Crippen molar-refractivity contribution in [3.63, 3.8) is 0 Å². The number of fused-ring (bicyclic) bond motifs is 6. The predicted octanol–water partition coefficient (Wildman–Crippen LogP) is 8.78. The van der Waals surface area contributed by atoms with Crippen LogP contribution in [0.15, 0.2) is 78.9 Å². The number of benzene rings is 4. The molecule has 0 saturated heterocycles. The third-order valence-corrected chi connectivity index (χ3v) is 22.0. The molecule has 221 valence electrons. The molecule has 0 amide bonds. The Morgan fingerprint density at radius 1 is 0.810 bits per heavy atom. The zero-order valence-corrected chi connectivity index (χ0v) is 34.0. The first kappa shape index (κ1) is 33.8. The SMILES string of the molecule is CC(O[Si](C)(C)C)c1cc2c(c([C]3([Zr]([CH3])([CH3])=[SiH2])c4ccccc4-c4ccccc43)c1[SiH](C)C)Cc1ccccc1-2.Cl.Cl. The predicted molar refractivity (Wildman–Crippen MR) is 193 cm³/mol. The fourth-order valence-corrected chi connectivity index (χ4v) is 21.7. The van der Waals surface area contributed by atoms with Gasteiger partial charge in [-0.25, -0.2) is 0 Å². The third kappa shape index (κ3) is 5.19. The van der Waals surface area contributed by atoms with Crippen LogP contribution >= 0.6 is 24.8 Å². The molecule has 2 aliphatic carbocycles. The first-order chi connectivity index (χ1) is 18.9. The van der Waals surface area contributed by atoms with Crippen LogP contribution < -0.4 is 5.19 Å². The monoisotopic (exact) mass is 725 g/mol. The molecule has 0 aromatic heterocycles. The second-order valence-corrected chi connectivity index (χ2v) is 42.8. The molecular formula is C35H45Cl2OSi3Zr. The fourth-order valence-electron chi connectivity index (χ4n) is 7.87. The van der Waals surface area contributed by atoms with Crippen molar-refractivity contribution < 1.29 is 23.3 Å². The molecule has 0 aliphatic heterocycles. The molecule has 1 atom stereocenters. The fraction of sp³-hybridized carbons (Fsp3) is 0.314. The number of hydrogen-bond acceptors (Lipinski definition) is 1. The van der Waals surface area contributed by atoms with E-state index in [1.807, 2.05) is 0 Å². The van der Waals surface area contributed by atoms with Gasteiger partial charge in [0.2, 0.25) is 0 Å². The summed E-state index contributed by atoms with van der Waals surface area (Å²) >= 11 is -2.90. The summed E-state index contributed by atoms with van der Waals surface area (Å²) in [5, 5.41) is 1.68. The Labute approximate surface area is 274 Å². The molecule has 0 N–H and O–H groups in total. The first-order valence-corrected chi connectivity index (χ1v) is 33.2. The molecule has 6 rings (SSSR count). The molecule has 42 heavy (non-hydrogen) atoms. The maximum Gasteiger partial charge on any atom is -0.147 e. The van der Waals surface area contributed by atoms with Crippen LogP contribution in [0, 0.1) is 0 Å². The number of rotatable bonds is 6. The van der Waals surface area contributed by atoms with E-state index >= 15 is 0 Å². The Hall–Kier alpha value is -1.05. The summed E-state index contributed by atoms with van der Waals surface area (Å²) in [6.07, 6.45) is 1.13. The maximum absolute atomic E-state index is 6.92. The van der Waals surface area contributed by atoms with E-state index in [2.05, 4.69) is 135 Å². The van der Waals surface area contributed by atoms with Gasteiger partial charge in [0, 0.05) is 0 Å². The number of halogens is 2. The second-order valence-electron chi connectivity index (χ2n) is 13.9. The zero-order chi connectivity index (χ0) is 28.6. The van der Waals surface area contributed by atoms with Gasteiger partial charge < -0.3 is 0 Å². The third-order valence-electron chi connectivity index (χ3n) is 9.07. The summed E-state index contributed by atoms with van der Waals surface area (Å²) in [4.78, 5) is 0. The Kier molecular flexibility index (Phi) is 9.70. The minimum Gasteiger partial charge on any atom is -0.147 e. The molecule has 0 saturated carbocycles. The van der Waals surface area contributed by atoms with E-state index in [0.29, 0.717) is 0 Å². The Bertz CT molecular complexity index is 1660. The van der Waals surface area contributed by atoms with E-state index in [4.69, 9.17) is 4.43 Å². The molecule has 2 aliphatic rings. The van der Waals surface area contributed by atoms with Crippen molar-refractivity contribution in [3.8, 4) is 22.3 Å². The average Bonchev–Trinajstić information content (AvgIpc) is 3.40. The van der Waals surface area contributed by atoms with Crippen molar-refractivity contribution in [2.75, 3.05) is 0 Å². The summed E-state index contributed by atoms with van der Waals surface area (Å²) in [6, 6.07) is 30.5. The van der Waals surface area contributed by atoms with Crippen molar-refractivity contribution in [3.05, 3.63) is 112 Å². The molecule has 7 heteroatoms. The van der Waals surface area contributed by atoms with Crippen molar-refractivity contribution in [1.82, 2.24) is 0 Å². The van der Waals surface area contributed by atoms with Crippen LogP contribution in [0.5, 0.6) is 0 Å². The van der Waals surface area contributed by atoms with Crippen LogP contribution in [-0.4, -0.2) is 24.0 Å². The van der Waals surface area contributed by atoms with Gasteiger partial charge in [0.15, 0.2) is 0 Å². The number of hydrogen-bond donors (Lipinski definition) is 0. The van der Waals surface area contributed by atoms with Crippen LogP contribution in [0.2, 0.25) is 42.0 Å². The standard InChI is InChI=1S/C33H35OSi2.2CH3.2ClH.H2Si.Zr/c1-21(34-36(4,5)6)28-20-29-23-14-8-7-13-22(23)19-30(29)32(33(28)35(2)3)31-26-17-11-9-15-24(26)25-16-10-12-18-27(25)31;;;;;;/h7-18,20-21,35H,19H2,1-6H3;2*1H3;2*1H;1H2;. The quantitative estimate of drug-likeness (QED) is 0.159. The van der Waals surface area contributed by atoms with Crippen LogP contribution in [0.25, 0.3) is 22.3 Å². The molecule has 0 bridgehead atoms. The summed E-state index contributed by atoms with van der Waals surface area (Å²) in [6.45, 7) is 16.8. The Balaban J connectivity index is 0.00000202. The normalized spacial score (nSPS) is 15.2. The minimum atomic E-state index is -2.90. The summed E-state index contributed by atoms with van der Waals surface area (Å²) in [7, 11) is -3.04. The van der Waals surface area contributed by atoms with Gasteiger partial charge in [-0.2, -0.15) is 0 Å². The Morgan fingerprint density at radius 3 is 1.81 bits per heavy atom. The molecule has 0 fully saturated rings. The first-order valence-electron chi connectivity index (χ1n) is 14.9. The van der Waals surface area contributed by atoms with Gasteiger partial charge in [0.25, 0.3) is 0 Å².